The van der Waals surface area contributed by atoms with Gasteiger partial charge in [-0.25, -0.2) is 8.42 Å². The lowest BCUT2D eigenvalue weighted by Gasteiger charge is -2.21. The van der Waals surface area contributed by atoms with Gasteiger partial charge in [-0.3, -0.25) is 0 Å². The average molecular weight is 348 g/mol. The smallest absolute Gasteiger partial charge is 0.244 e. The number of nitrogens with zero attached hydrogens (tertiary/aromatic N) is 1. The third kappa shape index (κ3) is 3.89. The second kappa shape index (κ2) is 7.19. The predicted molar refractivity (Wildman–Crippen MR) is 79.3 cm³/mol. The molecule has 0 spiro atoms. The molecule has 1 rings (SSSR count). The van der Waals surface area contributed by atoms with Gasteiger partial charge in [0.25, 0.3) is 0 Å². The van der Waals surface area contributed by atoms with Gasteiger partial charge in [-0.1, -0.05) is 19.1 Å². The summed E-state index contributed by atoms with van der Waals surface area (Å²) in [5.74, 6) is 0. The molecule has 1 N–H and O–H groups in total. The average Bonchev–Trinajstić information content (AvgIpc) is 2.38. The minimum atomic E-state index is -3.55. The van der Waals surface area contributed by atoms with Crippen LogP contribution in [0.1, 0.15) is 18.9 Å². The molecule has 0 aliphatic carbocycles. The Labute approximate surface area is 122 Å². The maximum absolute atomic E-state index is 12.5. The quantitative estimate of drug-likeness (QED) is 0.771. The van der Waals surface area contributed by atoms with Crippen molar-refractivity contribution in [3.05, 3.63) is 40.9 Å². The van der Waals surface area contributed by atoms with Crippen molar-refractivity contribution in [2.45, 2.75) is 24.8 Å². The van der Waals surface area contributed by atoms with Crippen LogP contribution in [-0.4, -0.2) is 30.9 Å². The maximum Gasteiger partial charge on any atom is 0.244 e. The van der Waals surface area contributed by atoms with E-state index in [-0.39, 0.29) is 18.0 Å². The molecule has 0 saturated carbocycles. The Morgan fingerprint density at radius 3 is 2.63 bits per heavy atom. The molecular weight excluding hydrogens is 330 g/mol. The van der Waals surface area contributed by atoms with E-state index in [9.17, 15) is 8.42 Å². The second-order valence-electron chi connectivity index (χ2n) is 4.07. The molecular formula is C13H18BrNO3S. The lowest BCUT2D eigenvalue weighted by Crippen LogP contribution is -2.32. The van der Waals surface area contributed by atoms with Gasteiger partial charge in [0.2, 0.25) is 10.0 Å². The van der Waals surface area contributed by atoms with Gasteiger partial charge in [0.1, 0.15) is 0 Å². The number of sulfonamides is 1. The van der Waals surface area contributed by atoms with Crippen molar-refractivity contribution >= 4 is 26.0 Å². The van der Waals surface area contributed by atoms with Gasteiger partial charge >= 0.3 is 0 Å². The highest BCUT2D eigenvalue weighted by Crippen LogP contribution is 2.26. The summed E-state index contributed by atoms with van der Waals surface area (Å²) in [6.07, 6.45) is 2.31. The molecule has 4 nitrogen and oxygen atoms in total. The molecule has 1 aromatic rings. The summed E-state index contributed by atoms with van der Waals surface area (Å²) in [7, 11) is -3.55. The zero-order valence-corrected chi connectivity index (χ0v) is 13.2. The van der Waals surface area contributed by atoms with Crippen LogP contribution >= 0.6 is 15.9 Å². The summed E-state index contributed by atoms with van der Waals surface area (Å²) < 4.78 is 26.9. The number of aliphatic hydroxyl groups is 1. The molecule has 0 fully saturated rings. The van der Waals surface area contributed by atoms with Crippen LogP contribution in [0, 0.1) is 0 Å². The van der Waals surface area contributed by atoms with Crippen LogP contribution in [0.2, 0.25) is 0 Å². The van der Waals surface area contributed by atoms with E-state index in [0.29, 0.717) is 16.6 Å². The Hall–Kier alpha value is -0.690. The SMILES string of the molecule is C=CCN(CCC)S(=O)(=O)c1ccc(CO)cc1Br. The largest absolute Gasteiger partial charge is 0.392 e. The van der Waals surface area contributed by atoms with Crippen LogP contribution in [0.5, 0.6) is 0 Å². The van der Waals surface area contributed by atoms with Gasteiger partial charge in [0.15, 0.2) is 0 Å². The van der Waals surface area contributed by atoms with E-state index >= 15 is 0 Å². The first-order valence-electron chi connectivity index (χ1n) is 5.97. The Bertz CT molecular complexity index is 543. The molecule has 0 saturated heterocycles. The Kier molecular flexibility index (Phi) is 6.19. The molecule has 0 aliphatic heterocycles. The van der Waals surface area contributed by atoms with Crippen LogP contribution in [0.25, 0.3) is 0 Å². The summed E-state index contributed by atoms with van der Waals surface area (Å²) in [5.41, 5.74) is 0.664. The standard InChI is InChI=1S/C13H18BrNO3S/c1-3-7-15(8-4-2)19(17,18)13-6-5-11(10-16)9-12(13)14/h3,5-6,9,16H,1,4,7-8,10H2,2H3. The number of aliphatic hydroxyl groups excluding tert-OH is 1. The lowest BCUT2D eigenvalue weighted by molar-refractivity contribution is 0.281. The molecule has 19 heavy (non-hydrogen) atoms. The van der Waals surface area contributed by atoms with Gasteiger partial charge in [0.05, 0.1) is 11.5 Å². The number of hydrogen-bond acceptors (Lipinski definition) is 3. The third-order valence-electron chi connectivity index (χ3n) is 2.60. The van der Waals surface area contributed by atoms with Crippen LogP contribution in [0.3, 0.4) is 0 Å². The van der Waals surface area contributed by atoms with Crippen molar-refractivity contribution in [1.29, 1.82) is 0 Å². The van der Waals surface area contributed by atoms with Crippen molar-refractivity contribution in [2.75, 3.05) is 13.1 Å². The Morgan fingerprint density at radius 1 is 1.47 bits per heavy atom. The molecule has 0 unspecified atom stereocenters. The zero-order chi connectivity index (χ0) is 14.5. The number of benzene rings is 1. The summed E-state index contributed by atoms with van der Waals surface area (Å²) in [6.45, 7) is 6.12. The molecule has 0 amide bonds. The van der Waals surface area contributed by atoms with Gasteiger partial charge < -0.3 is 5.11 Å². The minimum absolute atomic E-state index is 0.121. The van der Waals surface area contributed by atoms with E-state index in [4.69, 9.17) is 5.11 Å². The highest BCUT2D eigenvalue weighted by Gasteiger charge is 2.25. The predicted octanol–water partition coefficient (Wildman–Crippen LogP) is 2.53. The molecule has 0 bridgehead atoms. The van der Waals surface area contributed by atoms with Crippen molar-refractivity contribution in [2.24, 2.45) is 0 Å². The number of halogens is 1. The van der Waals surface area contributed by atoms with Crippen LogP contribution in [0.4, 0.5) is 0 Å². The molecule has 1 aromatic carbocycles. The summed E-state index contributed by atoms with van der Waals surface area (Å²) in [4.78, 5) is 0.208. The summed E-state index contributed by atoms with van der Waals surface area (Å²) >= 11 is 3.25. The van der Waals surface area contributed by atoms with Gasteiger partial charge in [-0.05, 0) is 40.0 Å². The fourth-order valence-electron chi connectivity index (χ4n) is 1.69. The molecule has 0 aliphatic rings. The fraction of sp³-hybridized carbons (Fsp3) is 0.385. The first kappa shape index (κ1) is 16.4. The van der Waals surface area contributed by atoms with Crippen LogP contribution in [0.15, 0.2) is 40.2 Å². The van der Waals surface area contributed by atoms with Gasteiger partial charge in [-0.2, -0.15) is 4.31 Å². The van der Waals surface area contributed by atoms with Gasteiger partial charge in [-0.15, -0.1) is 6.58 Å². The van der Waals surface area contributed by atoms with E-state index in [0.717, 1.165) is 6.42 Å². The van der Waals surface area contributed by atoms with Crippen molar-refractivity contribution < 1.29 is 13.5 Å². The van der Waals surface area contributed by atoms with Crippen LogP contribution < -0.4 is 0 Å². The highest BCUT2D eigenvalue weighted by atomic mass is 79.9. The minimum Gasteiger partial charge on any atom is -0.392 e. The summed E-state index contributed by atoms with van der Waals surface area (Å²) in [6, 6.07) is 4.73. The van der Waals surface area contributed by atoms with E-state index in [1.165, 1.54) is 10.4 Å². The molecule has 0 heterocycles. The molecule has 0 aromatic heterocycles. The normalized spacial score (nSPS) is 11.8. The maximum atomic E-state index is 12.5. The van der Waals surface area contributed by atoms with Crippen LogP contribution in [-0.2, 0) is 16.6 Å². The van der Waals surface area contributed by atoms with E-state index < -0.39 is 10.0 Å². The molecule has 6 heteroatoms. The lowest BCUT2D eigenvalue weighted by atomic mass is 10.2. The first-order valence-corrected chi connectivity index (χ1v) is 8.21. The first-order chi connectivity index (χ1) is 8.97. The van der Waals surface area contributed by atoms with Crippen molar-refractivity contribution in [1.82, 2.24) is 4.31 Å². The molecule has 0 atom stereocenters. The topological polar surface area (TPSA) is 57.6 Å². The van der Waals surface area contributed by atoms with Crippen molar-refractivity contribution in [3.63, 3.8) is 0 Å². The van der Waals surface area contributed by atoms with Gasteiger partial charge in [0, 0.05) is 17.6 Å². The highest BCUT2D eigenvalue weighted by molar-refractivity contribution is 9.10. The fourth-order valence-corrected chi connectivity index (χ4v) is 4.28. The Balaban J connectivity index is 3.20. The second-order valence-corrected chi connectivity index (χ2v) is 6.84. The molecule has 0 radical (unpaired) electrons. The number of rotatable bonds is 7. The van der Waals surface area contributed by atoms with E-state index in [1.54, 1.807) is 18.2 Å². The summed E-state index contributed by atoms with van der Waals surface area (Å²) in [5, 5.41) is 9.04. The molecule has 106 valence electrons. The zero-order valence-electron chi connectivity index (χ0n) is 10.8. The third-order valence-corrected chi connectivity index (χ3v) is 5.44. The Morgan fingerprint density at radius 2 is 2.16 bits per heavy atom. The van der Waals surface area contributed by atoms with E-state index in [2.05, 4.69) is 22.5 Å². The van der Waals surface area contributed by atoms with E-state index in [1.807, 2.05) is 6.92 Å². The monoisotopic (exact) mass is 347 g/mol. The number of hydrogen-bond donors (Lipinski definition) is 1. The van der Waals surface area contributed by atoms with Crippen molar-refractivity contribution in [3.8, 4) is 0 Å².